The van der Waals surface area contributed by atoms with Crippen molar-refractivity contribution in [1.29, 1.82) is 0 Å². The van der Waals surface area contributed by atoms with Gasteiger partial charge in [0.1, 0.15) is 17.4 Å². The summed E-state index contributed by atoms with van der Waals surface area (Å²) in [4.78, 5) is 27.3. The van der Waals surface area contributed by atoms with Crippen LogP contribution in [0.2, 0.25) is 0 Å². The van der Waals surface area contributed by atoms with Crippen molar-refractivity contribution in [3.63, 3.8) is 0 Å². The van der Waals surface area contributed by atoms with Crippen molar-refractivity contribution in [3.05, 3.63) is 59.9 Å². The lowest BCUT2D eigenvalue weighted by molar-refractivity contribution is 0.178. The molecule has 0 atom stereocenters. The number of pyridine rings is 1. The zero-order chi connectivity index (χ0) is 21.5. The molecular formula is C21H23N5O3S. The molecule has 1 N–H and O–H groups in total. The molecule has 9 heteroatoms. The first-order valence-corrected chi connectivity index (χ1v) is 10.4. The fraction of sp³-hybridized carbons (Fsp3) is 0.238. The summed E-state index contributed by atoms with van der Waals surface area (Å²) in [5.74, 6) is 1.82. The number of benzene rings is 1. The number of hydrogen-bond acceptors (Lipinski definition) is 8. The van der Waals surface area contributed by atoms with E-state index in [2.05, 4.69) is 20.3 Å². The van der Waals surface area contributed by atoms with Gasteiger partial charge in [0.25, 0.3) is 0 Å². The highest BCUT2D eigenvalue weighted by Crippen LogP contribution is 2.25. The van der Waals surface area contributed by atoms with E-state index < -0.39 is 6.09 Å². The number of carbonyl (C=O) groups excluding carboxylic acids is 1. The Morgan fingerprint density at radius 1 is 1.10 bits per heavy atom. The van der Waals surface area contributed by atoms with Crippen LogP contribution in [-0.2, 0) is 11.3 Å². The quantitative estimate of drug-likeness (QED) is 0.439. The molecule has 0 fully saturated rings. The maximum absolute atomic E-state index is 12.5. The number of rotatable bonds is 7. The second-order valence-electron chi connectivity index (χ2n) is 6.33. The average molecular weight is 426 g/mol. The molecule has 1 aromatic carbocycles. The molecule has 2 heterocycles. The fourth-order valence-corrected chi connectivity index (χ4v) is 3.02. The molecule has 3 aromatic rings. The van der Waals surface area contributed by atoms with Crippen LogP contribution in [-0.4, -0.2) is 41.5 Å². The van der Waals surface area contributed by atoms with Gasteiger partial charge in [0.15, 0.2) is 5.16 Å². The summed E-state index contributed by atoms with van der Waals surface area (Å²) in [6, 6.07) is 11.2. The number of nitrogens with one attached hydrogen (secondary N) is 1. The zero-order valence-corrected chi connectivity index (χ0v) is 18.1. The summed E-state index contributed by atoms with van der Waals surface area (Å²) in [5.41, 5.74) is 2.54. The monoisotopic (exact) mass is 425 g/mol. The number of methoxy groups -OCH3 is 2. The number of ether oxygens (including phenoxy) is 2. The van der Waals surface area contributed by atoms with Crippen LogP contribution in [0, 0.1) is 6.92 Å². The summed E-state index contributed by atoms with van der Waals surface area (Å²) in [7, 11) is 2.95. The largest absolute Gasteiger partial charge is 0.495 e. The summed E-state index contributed by atoms with van der Waals surface area (Å²) in [5, 5.41) is 3.82. The number of aromatic nitrogens is 3. The molecule has 0 saturated heterocycles. The molecule has 2 aromatic heterocycles. The molecule has 0 aliphatic rings. The fourth-order valence-electron chi connectivity index (χ4n) is 2.68. The molecule has 8 nitrogen and oxygen atoms in total. The molecule has 0 spiro atoms. The van der Waals surface area contributed by atoms with Gasteiger partial charge in [0, 0.05) is 17.4 Å². The van der Waals surface area contributed by atoms with Crippen molar-refractivity contribution in [2.45, 2.75) is 18.6 Å². The molecule has 1 amide bonds. The predicted octanol–water partition coefficient (Wildman–Crippen LogP) is 4.43. The molecule has 3 rings (SSSR count). The van der Waals surface area contributed by atoms with E-state index in [0.29, 0.717) is 22.5 Å². The first kappa shape index (κ1) is 21.4. The van der Waals surface area contributed by atoms with Gasteiger partial charge in [0.05, 0.1) is 27.0 Å². The maximum Gasteiger partial charge on any atom is 0.414 e. The zero-order valence-electron chi connectivity index (χ0n) is 17.2. The minimum Gasteiger partial charge on any atom is -0.495 e. The van der Waals surface area contributed by atoms with Crippen LogP contribution in [0.15, 0.2) is 53.9 Å². The van der Waals surface area contributed by atoms with Gasteiger partial charge in [-0.15, -0.1) is 0 Å². The van der Waals surface area contributed by atoms with Crippen molar-refractivity contribution < 1.29 is 14.3 Å². The molecule has 0 radical (unpaired) electrons. The van der Waals surface area contributed by atoms with Gasteiger partial charge >= 0.3 is 6.09 Å². The molecule has 0 unspecified atom stereocenters. The highest BCUT2D eigenvalue weighted by atomic mass is 32.2. The van der Waals surface area contributed by atoms with Crippen LogP contribution in [0.5, 0.6) is 5.75 Å². The maximum atomic E-state index is 12.5. The van der Waals surface area contributed by atoms with Crippen molar-refractivity contribution in [1.82, 2.24) is 15.0 Å². The molecule has 0 saturated carbocycles. The highest BCUT2D eigenvalue weighted by molar-refractivity contribution is 7.98. The third-order valence-electron chi connectivity index (χ3n) is 4.31. The van der Waals surface area contributed by atoms with Gasteiger partial charge in [0.2, 0.25) is 0 Å². The van der Waals surface area contributed by atoms with Crippen molar-refractivity contribution >= 4 is 35.2 Å². The standard InChI is InChI=1S/C21H23N5O3S/c1-14-5-7-16(8-6-14)26(21(27)29-3)13-15-11-23-20(30-4)25-19(15)24-18-10-9-17(28-2)12-22-18/h5-12H,13H2,1-4H3,(H,22,23,24,25). The lowest BCUT2D eigenvalue weighted by atomic mass is 10.2. The predicted molar refractivity (Wildman–Crippen MR) is 118 cm³/mol. The van der Waals surface area contributed by atoms with Crippen molar-refractivity contribution in [2.75, 3.05) is 30.7 Å². The van der Waals surface area contributed by atoms with E-state index in [1.165, 1.54) is 23.8 Å². The Hall–Kier alpha value is -3.33. The smallest absolute Gasteiger partial charge is 0.414 e. The average Bonchev–Trinajstić information content (AvgIpc) is 2.79. The number of carbonyl (C=O) groups is 1. The molecule has 0 aliphatic heterocycles. The van der Waals surface area contributed by atoms with E-state index in [0.717, 1.165) is 16.8 Å². The number of aryl methyl sites for hydroxylation is 1. The van der Waals surface area contributed by atoms with Gasteiger partial charge in [-0.25, -0.2) is 19.7 Å². The number of anilines is 3. The lowest BCUT2D eigenvalue weighted by Gasteiger charge is -2.22. The van der Waals surface area contributed by atoms with E-state index >= 15 is 0 Å². The van der Waals surface area contributed by atoms with Gasteiger partial charge in [-0.05, 0) is 37.4 Å². The van der Waals surface area contributed by atoms with Crippen LogP contribution in [0.4, 0.5) is 22.1 Å². The van der Waals surface area contributed by atoms with E-state index in [-0.39, 0.29) is 6.54 Å². The van der Waals surface area contributed by atoms with Crippen molar-refractivity contribution in [2.24, 2.45) is 0 Å². The van der Waals surface area contributed by atoms with E-state index in [9.17, 15) is 4.79 Å². The second kappa shape index (κ2) is 9.93. The Morgan fingerprint density at radius 2 is 1.87 bits per heavy atom. The van der Waals surface area contributed by atoms with E-state index in [1.807, 2.05) is 37.4 Å². The first-order chi connectivity index (χ1) is 14.5. The minimum absolute atomic E-state index is 0.225. The summed E-state index contributed by atoms with van der Waals surface area (Å²) in [6.07, 6.45) is 4.75. The highest BCUT2D eigenvalue weighted by Gasteiger charge is 2.20. The van der Waals surface area contributed by atoms with Crippen LogP contribution in [0.3, 0.4) is 0 Å². The third-order valence-corrected chi connectivity index (χ3v) is 4.87. The van der Waals surface area contributed by atoms with Crippen LogP contribution in [0.1, 0.15) is 11.1 Å². The van der Waals surface area contributed by atoms with Crippen LogP contribution in [0.25, 0.3) is 0 Å². The Kier molecular flexibility index (Phi) is 7.08. The van der Waals surface area contributed by atoms with Gasteiger partial charge in [-0.2, -0.15) is 0 Å². The molecule has 156 valence electrons. The Morgan fingerprint density at radius 3 is 2.47 bits per heavy atom. The summed E-state index contributed by atoms with van der Waals surface area (Å²) >= 11 is 1.43. The van der Waals surface area contributed by atoms with Crippen LogP contribution < -0.4 is 15.0 Å². The lowest BCUT2D eigenvalue weighted by Crippen LogP contribution is -2.30. The number of amides is 1. The molecule has 0 bridgehead atoms. The Balaban J connectivity index is 1.94. The van der Waals surface area contributed by atoms with Crippen molar-refractivity contribution in [3.8, 4) is 5.75 Å². The summed E-state index contributed by atoms with van der Waals surface area (Å²) in [6.45, 7) is 2.22. The third kappa shape index (κ3) is 5.18. The van der Waals surface area contributed by atoms with Gasteiger partial charge < -0.3 is 14.8 Å². The Labute approximate surface area is 179 Å². The van der Waals surface area contributed by atoms with Crippen LogP contribution >= 0.6 is 11.8 Å². The molecule has 0 aliphatic carbocycles. The summed E-state index contributed by atoms with van der Waals surface area (Å²) < 4.78 is 10.1. The SMILES string of the molecule is COC(=O)N(Cc1cnc(SC)nc1Nc1ccc(OC)cn1)c1ccc(C)cc1. The normalized spacial score (nSPS) is 10.4. The number of nitrogens with zero attached hydrogens (tertiary/aromatic N) is 4. The van der Waals surface area contributed by atoms with Gasteiger partial charge in [-0.3, -0.25) is 4.90 Å². The molecular weight excluding hydrogens is 402 g/mol. The topological polar surface area (TPSA) is 89.5 Å². The van der Waals surface area contributed by atoms with E-state index in [1.54, 1.807) is 31.6 Å². The molecule has 30 heavy (non-hydrogen) atoms. The minimum atomic E-state index is -0.471. The van der Waals surface area contributed by atoms with Gasteiger partial charge in [-0.1, -0.05) is 29.5 Å². The second-order valence-corrected chi connectivity index (χ2v) is 7.10. The van der Waals surface area contributed by atoms with E-state index in [4.69, 9.17) is 9.47 Å². The number of hydrogen-bond donors (Lipinski definition) is 1. The first-order valence-electron chi connectivity index (χ1n) is 9.13. The number of thioether (sulfide) groups is 1. The Bertz CT molecular complexity index is 997.